The van der Waals surface area contributed by atoms with Crippen LogP contribution in [0.25, 0.3) is 0 Å². The van der Waals surface area contributed by atoms with Gasteiger partial charge in [0, 0.05) is 0 Å². The van der Waals surface area contributed by atoms with Gasteiger partial charge in [0.05, 0.1) is 6.54 Å². The summed E-state index contributed by atoms with van der Waals surface area (Å²) in [6.07, 6.45) is -4.41. The molecule has 1 atom stereocenters. The largest absolute Gasteiger partial charge is 0.445 e. The first-order chi connectivity index (χ1) is 10.8. The molecule has 126 valence electrons. The number of halogens is 2. The summed E-state index contributed by atoms with van der Waals surface area (Å²) in [6, 6.07) is 8.56. The van der Waals surface area contributed by atoms with Crippen LogP contribution in [0.1, 0.15) is 12.5 Å². The number of amides is 3. The third-order valence-electron chi connectivity index (χ3n) is 2.91. The molecule has 0 aromatic heterocycles. The molecule has 23 heavy (non-hydrogen) atoms. The maximum absolute atomic E-state index is 13.1. The molecule has 3 amide bonds. The van der Waals surface area contributed by atoms with Crippen molar-refractivity contribution in [1.29, 1.82) is 0 Å². The SMILES string of the molecule is C[C@](NC(=O)OCc1ccccc1)(C(=O)NCC(N)=O)C(F)F. The van der Waals surface area contributed by atoms with Gasteiger partial charge < -0.3 is 21.1 Å². The van der Waals surface area contributed by atoms with Crippen LogP contribution in [0.3, 0.4) is 0 Å². The summed E-state index contributed by atoms with van der Waals surface area (Å²) in [6.45, 7) is 0.0502. The second-order valence-electron chi connectivity index (χ2n) is 4.84. The van der Waals surface area contributed by atoms with Crippen LogP contribution in [0.4, 0.5) is 13.6 Å². The molecule has 4 N–H and O–H groups in total. The molecule has 0 bridgehead atoms. The maximum atomic E-state index is 13.1. The minimum Gasteiger partial charge on any atom is -0.445 e. The van der Waals surface area contributed by atoms with Gasteiger partial charge >= 0.3 is 6.09 Å². The van der Waals surface area contributed by atoms with Crippen LogP contribution in [0.2, 0.25) is 0 Å². The van der Waals surface area contributed by atoms with E-state index in [1.54, 1.807) is 30.3 Å². The van der Waals surface area contributed by atoms with Crippen LogP contribution >= 0.6 is 0 Å². The molecule has 1 aromatic rings. The highest BCUT2D eigenvalue weighted by Crippen LogP contribution is 2.16. The number of alkyl carbamates (subject to hydrolysis) is 1. The zero-order valence-corrected chi connectivity index (χ0v) is 12.3. The second-order valence-corrected chi connectivity index (χ2v) is 4.84. The summed E-state index contributed by atoms with van der Waals surface area (Å²) in [4.78, 5) is 34.0. The van der Waals surface area contributed by atoms with E-state index >= 15 is 0 Å². The van der Waals surface area contributed by atoms with E-state index < -0.39 is 36.4 Å². The molecule has 7 nitrogen and oxygen atoms in total. The van der Waals surface area contributed by atoms with E-state index in [-0.39, 0.29) is 6.61 Å². The van der Waals surface area contributed by atoms with Crippen LogP contribution in [0, 0.1) is 0 Å². The molecule has 0 saturated heterocycles. The Kier molecular flexibility index (Phi) is 6.43. The van der Waals surface area contributed by atoms with Gasteiger partial charge in [-0.2, -0.15) is 0 Å². The minimum absolute atomic E-state index is 0.144. The van der Waals surface area contributed by atoms with E-state index in [1.807, 2.05) is 10.6 Å². The Bertz CT molecular complexity index is 568. The van der Waals surface area contributed by atoms with E-state index in [4.69, 9.17) is 10.5 Å². The molecule has 0 unspecified atom stereocenters. The molecule has 0 fully saturated rings. The van der Waals surface area contributed by atoms with E-state index in [0.29, 0.717) is 5.56 Å². The van der Waals surface area contributed by atoms with Crippen LogP contribution in [-0.2, 0) is 20.9 Å². The normalized spacial score (nSPS) is 13.0. The summed E-state index contributed by atoms with van der Waals surface area (Å²) < 4.78 is 31.1. The van der Waals surface area contributed by atoms with Gasteiger partial charge in [0.2, 0.25) is 5.91 Å². The number of rotatable bonds is 7. The van der Waals surface area contributed by atoms with Gasteiger partial charge in [-0.05, 0) is 12.5 Å². The molecule has 0 saturated carbocycles. The van der Waals surface area contributed by atoms with Crippen molar-refractivity contribution in [3.05, 3.63) is 35.9 Å². The fourth-order valence-electron chi connectivity index (χ4n) is 1.53. The number of ether oxygens (including phenoxy) is 1. The predicted octanol–water partition coefficient (Wildman–Crippen LogP) is 0.538. The van der Waals surface area contributed by atoms with Crippen molar-refractivity contribution in [2.45, 2.75) is 25.5 Å². The minimum atomic E-state index is -3.22. The second kappa shape index (κ2) is 8.06. The fraction of sp³-hybridized carbons (Fsp3) is 0.357. The third kappa shape index (κ3) is 5.53. The predicted molar refractivity (Wildman–Crippen MR) is 76.4 cm³/mol. The first-order valence-corrected chi connectivity index (χ1v) is 6.59. The molecule has 9 heteroatoms. The Morgan fingerprint density at radius 3 is 2.39 bits per heavy atom. The number of primary amides is 1. The summed E-state index contributed by atoms with van der Waals surface area (Å²) >= 11 is 0. The lowest BCUT2D eigenvalue weighted by Crippen LogP contribution is -2.62. The van der Waals surface area contributed by atoms with E-state index in [9.17, 15) is 23.2 Å². The maximum Gasteiger partial charge on any atom is 0.408 e. The lowest BCUT2D eigenvalue weighted by molar-refractivity contribution is -0.134. The highest BCUT2D eigenvalue weighted by atomic mass is 19.3. The number of alkyl halides is 2. The van der Waals surface area contributed by atoms with Gasteiger partial charge in [-0.25, -0.2) is 13.6 Å². The van der Waals surface area contributed by atoms with Gasteiger partial charge in [-0.1, -0.05) is 30.3 Å². The quantitative estimate of drug-likeness (QED) is 0.678. The fourth-order valence-corrected chi connectivity index (χ4v) is 1.53. The monoisotopic (exact) mass is 329 g/mol. The molecule has 0 radical (unpaired) electrons. The van der Waals surface area contributed by atoms with E-state index in [2.05, 4.69) is 0 Å². The summed E-state index contributed by atoms with van der Waals surface area (Å²) in [7, 11) is 0. The molecule has 0 aliphatic heterocycles. The third-order valence-corrected chi connectivity index (χ3v) is 2.91. The topological polar surface area (TPSA) is 111 Å². The van der Waals surface area contributed by atoms with Crippen molar-refractivity contribution in [3.63, 3.8) is 0 Å². The molecule has 0 aliphatic rings. The Morgan fingerprint density at radius 1 is 1.26 bits per heavy atom. The Hall–Kier alpha value is -2.71. The van der Waals surface area contributed by atoms with E-state index in [0.717, 1.165) is 6.92 Å². The van der Waals surface area contributed by atoms with Gasteiger partial charge in [0.1, 0.15) is 6.61 Å². The number of hydrogen-bond acceptors (Lipinski definition) is 4. The molecule has 1 aromatic carbocycles. The number of hydrogen-bond donors (Lipinski definition) is 3. The summed E-state index contributed by atoms with van der Waals surface area (Å²) in [5, 5.41) is 3.73. The highest BCUT2D eigenvalue weighted by Gasteiger charge is 2.44. The average molecular weight is 329 g/mol. The lowest BCUT2D eigenvalue weighted by Gasteiger charge is -2.27. The molecule has 0 aliphatic carbocycles. The first kappa shape index (κ1) is 18.3. The summed E-state index contributed by atoms with van der Waals surface area (Å²) in [5.41, 5.74) is 2.92. The van der Waals surface area contributed by atoms with Gasteiger partial charge in [0.25, 0.3) is 12.3 Å². The molecule has 0 spiro atoms. The van der Waals surface area contributed by atoms with Crippen molar-refractivity contribution in [1.82, 2.24) is 10.6 Å². The number of carbonyl (C=O) groups is 3. The molecular formula is C14H17F2N3O4. The molecular weight excluding hydrogens is 312 g/mol. The van der Waals surface area contributed by atoms with E-state index in [1.165, 1.54) is 0 Å². The number of nitrogens with one attached hydrogen (secondary N) is 2. The van der Waals surface area contributed by atoms with Gasteiger partial charge in [-0.3, -0.25) is 9.59 Å². The standard InChI is InChI=1S/C14H17F2N3O4/c1-14(11(15)16,12(21)18-7-10(17)20)19-13(22)23-8-9-5-3-2-4-6-9/h2-6,11H,7-8H2,1H3,(H2,17,20)(H,18,21)(H,19,22)/t14-/m1/s1. The van der Waals surface area contributed by atoms with Gasteiger partial charge in [0.15, 0.2) is 5.54 Å². The van der Waals surface area contributed by atoms with Crippen molar-refractivity contribution >= 4 is 17.9 Å². The van der Waals surface area contributed by atoms with Crippen LogP contribution < -0.4 is 16.4 Å². The summed E-state index contributed by atoms with van der Waals surface area (Å²) in [5.74, 6) is -2.15. The average Bonchev–Trinajstić information content (AvgIpc) is 2.51. The number of carbonyl (C=O) groups excluding carboxylic acids is 3. The molecule has 0 heterocycles. The van der Waals surface area contributed by atoms with Crippen molar-refractivity contribution in [3.8, 4) is 0 Å². The molecule has 1 rings (SSSR count). The Balaban J connectivity index is 2.65. The van der Waals surface area contributed by atoms with Crippen LogP contribution in [0.5, 0.6) is 0 Å². The highest BCUT2D eigenvalue weighted by molar-refractivity contribution is 5.92. The van der Waals surface area contributed by atoms with Gasteiger partial charge in [-0.15, -0.1) is 0 Å². The van der Waals surface area contributed by atoms with Crippen molar-refractivity contribution < 1.29 is 27.9 Å². The zero-order chi connectivity index (χ0) is 17.5. The Morgan fingerprint density at radius 2 is 1.87 bits per heavy atom. The van der Waals surface area contributed by atoms with Crippen LogP contribution in [-0.4, -0.2) is 36.4 Å². The van der Waals surface area contributed by atoms with Crippen LogP contribution in [0.15, 0.2) is 30.3 Å². The smallest absolute Gasteiger partial charge is 0.408 e. The van der Waals surface area contributed by atoms with Crippen molar-refractivity contribution in [2.75, 3.05) is 6.54 Å². The number of nitrogens with two attached hydrogens (primary N) is 1. The zero-order valence-electron chi connectivity index (χ0n) is 12.3. The lowest BCUT2D eigenvalue weighted by atomic mass is 10.0. The number of benzene rings is 1. The van der Waals surface area contributed by atoms with Crippen molar-refractivity contribution in [2.24, 2.45) is 5.73 Å². The Labute approximate surface area is 131 Å². The first-order valence-electron chi connectivity index (χ1n) is 6.59.